The molecule has 4 rings (SSSR count). The van der Waals surface area contributed by atoms with Crippen molar-refractivity contribution < 1.29 is 27.5 Å². The number of esters is 2. The molecule has 1 unspecified atom stereocenters. The summed E-state index contributed by atoms with van der Waals surface area (Å²) in [6.07, 6.45) is 0. The zero-order chi connectivity index (χ0) is 27.4. The zero-order valence-electron chi connectivity index (χ0n) is 20.2. The van der Waals surface area contributed by atoms with Crippen molar-refractivity contribution in [2.45, 2.75) is 10.8 Å². The second-order valence-corrected chi connectivity index (χ2v) is 10.5. The number of allylic oxidation sites excluding steroid dienone is 1. The zero-order valence-corrected chi connectivity index (χ0v) is 21.9. The van der Waals surface area contributed by atoms with Crippen molar-refractivity contribution in [3.8, 4) is 6.07 Å². The van der Waals surface area contributed by atoms with E-state index in [-0.39, 0.29) is 33.2 Å². The van der Waals surface area contributed by atoms with E-state index >= 15 is 0 Å². The van der Waals surface area contributed by atoms with Crippen LogP contribution in [0.1, 0.15) is 11.5 Å². The topological polar surface area (TPSA) is 152 Å². The normalized spacial score (nSPS) is 15.6. The number of carbonyl (C=O) groups is 2. The van der Waals surface area contributed by atoms with Crippen molar-refractivity contribution in [3.63, 3.8) is 0 Å². The third kappa shape index (κ3) is 4.84. The molecule has 0 radical (unpaired) electrons. The molecule has 194 valence electrons. The van der Waals surface area contributed by atoms with Gasteiger partial charge in [0.2, 0.25) is 0 Å². The molecule has 1 atom stereocenters. The summed E-state index contributed by atoms with van der Waals surface area (Å²) < 4.78 is 38.1. The number of thiophene rings is 1. The fourth-order valence-electron chi connectivity index (χ4n) is 4.08. The predicted molar refractivity (Wildman–Crippen MR) is 141 cm³/mol. The third-order valence-electron chi connectivity index (χ3n) is 5.77. The van der Waals surface area contributed by atoms with E-state index in [1.165, 1.54) is 40.5 Å². The van der Waals surface area contributed by atoms with Gasteiger partial charge in [-0.25, -0.2) is 18.0 Å². The van der Waals surface area contributed by atoms with E-state index in [0.717, 1.165) is 14.2 Å². The summed E-state index contributed by atoms with van der Waals surface area (Å²) in [4.78, 5) is 27.3. The van der Waals surface area contributed by atoms with Crippen LogP contribution in [0.2, 0.25) is 0 Å². The van der Waals surface area contributed by atoms with E-state index in [4.69, 9.17) is 15.2 Å². The number of hydrogen-bond donors (Lipinski definition) is 2. The number of methoxy groups -OCH3 is 2. The molecule has 0 fully saturated rings. The molecule has 3 aromatic rings. The number of nitrogens with two attached hydrogens (primary N) is 1. The SMILES string of the molecule is COC(=O)C1=C(C(=O)OC)N(c2ccc(S(=O)(=O)Nc3cccs3)cc2)C(N)=C(C#N)C1c1ccccc1. The molecule has 2 heterocycles. The smallest absolute Gasteiger partial charge is 0.355 e. The van der Waals surface area contributed by atoms with Crippen LogP contribution in [0, 0.1) is 11.3 Å². The number of anilines is 2. The van der Waals surface area contributed by atoms with Crippen LogP contribution in [0.5, 0.6) is 0 Å². The van der Waals surface area contributed by atoms with Gasteiger partial charge in [-0.1, -0.05) is 30.3 Å². The van der Waals surface area contributed by atoms with Crippen LogP contribution in [0.15, 0.2) is 99.7 Å². The van der Waals surface area contributed by atoms with E-state index in [0.29, 0.717) is 10.6 Å². The number of ether oxygens (including phenoxy) is 2. The Hall–Kier alpha value is -4.60. The summed E-state index contributed by atoms with van der Waals surface area (Å²) in [5.41, 5.74) is 6.81. The Morgan fingerprint density at radius 1 is 1.00 bits per heavy atom. The summed E-state index contributed by atoms with van der Waals surface area (Å²) in [6.45, 7) is 0. The number of rotatable bonds is 7. The monoisotopic (exact) mass is 550 g/mol. The third-order valence-corrected chi connectivity index (χ3v) is 8.07. The first kappa shape index (κ1) is 26.5. The highest BCUT2D eigenvalue weighted by Gasteiger charge is 2.43. The number of hydrogen-bond acceptors (Lipinski definition) is 10. The van der Waals surface area contributed by atoms with Gasteiger partial charge >= 0.3 is 11.9 Å². The highest BCUT2D eigenvalue weighted by molar-refractivity contribution is 7.93. The van der Waals surface area contributed by atoms with Crippen molar-refractivity contribution in [2.75, 3.05) is 23.8 Å². The molecule has 1 aliphatic heterocycles. The van der Waals surface area contributed by atoms with Gasteiger partial charge < -0.3 is 15.2 Å². The summed E-state index contributed by atoms with van der Waals surface area (Å²) in [6, 6.07) is 19.5. The van der Waals surface area contributed by atoms with Crippen LogP contribution in [-0.2, 0) is 29.1 Å². The van der Waals surface area contributed by atoms with Gasteiger partial charge in [0.1, 0.15) is 16.5 Å². The Kier molecular flexibility index (Phi) is 7.52. The molecule has 2 aromatic carbocycles. The Bertz CT molecular complexity index is 1570. The summed E-state index contributed by atoms with van der Waals surface area (Å²) >= 11 is 1.23. The van der Waals surface area contributed by atoms with E-state index in [2.05, 4.69) is 10.8 Å². The number of nitrogens with one attached hydrogen (secondary N) is 1. The highest BCUT2D eigenvalue weighted by Crippen LogP contribution is 2.43. The molecular formula is C26H22N4O6S2. The minimum absolute atomic E-state index is 0.000290. The molecule has 0 aliphatic carbocycles. The minimum atomic E-state index is -3.90. The number of benzene rings is 2. The van der Waals surface area contributed by atoms with Crippen molar-refractivity contribution in [3.05, 3.63) is 100 Å². The first-order chi connectivity index (χ1) is 18.2. The van der Waals surface area contributed by atoms with Gasteiger partial charge in [-0.2, -0.15) is 5.26 Å². The van der Waals surface area contributed by atoms with E-state index in [1.54, 1.807) is 47.8 Å². The number of nitriles is 1. The molecule has 1 aromatic heterocycles. The van der Waals surface area contributed by atoms with E-state index in [1.807, 2.05) is 0 Å². The van der Waals surface area contributed by atoms with Crippen LogP contribution in [0.25, 0.3) is 0 Å². The summed E-state index contributed by atoms with van der Waals surface area (Å²) in [7, 11) is -1.60. The summed E-state index contributed by atoms with van der Waals surface area (Å²) in [5, 5.41) is 12.3. The maximum absolute atomic E-state index is 13.1. The Morgan fingerprint density at radius 2 is 1.66 bits per heavy atom. The van der Waals surface area contributed by atoms with Crippen molar-refractivity contribution in [1.82, 2.24) is 0 Å². The van der Waals surface area contributed by atoms with Gasteiger partial charge in [0, 0.05) is 5.69 Å². The molecule has 38 heavy (non-hydrogen) atoms. The van der Waals surface area contributed by atoms with Gasteiger partial charge in [0.05, 0.1) is 42.2 Å². The van der Waals surface area contributed by atoms with Crippen LogP contribution >= 0.6 is 11.3 Å². The van der Waals surface area contributed by atoms with E-state index in [9.17, 15) is 23.3 Å². The summed E-state index contributed by atoms with van der Waals surface area (Å²) in [5.74, 6) is -2.89. The van der Waals surface area contributed by atoms with Gasteiger partial charge in [0.15, 0.2) is 0 Å². The van der Waals surface area contributed by atoms with Crippen LogP contribution in [0.3, 0.4) is 0 Å². The second-order valence-electron chi connectivity index (χ2n) is 7.91. The van der Waals surface area contributed by atoms with Crippen LogP contribution in [0.4, 0.5) is 10.7 Å². The van der Waals surface area contributed by atoms with Crippen molar-refractivity contribution >= 4 is 44.0 Å². The van der Waals surface area contributed by atoms with Gasteiger partial charge in [-0.3, -0.25) is 9.62 Å². The fourth-order valence-corrected chi connectivity index (χ4v) is 6.01. The average Bonchev–Trinajstić information content (AvgIpc) is 3.44. The predicted octanol–water partition coefficient (Wildman–Crippen LogP) is 3.45. The molecule has 0 amide bonds. The van der Waals surface area contributed by atoms with E-state index < -0.39 is 27.9 Å². The van der Waals surface area contributed by atoms with Gasteiger partial charge in [0.25, 0.3) is 10.0 Å². The lowest BCUT2D eigenvalue weighted by atomic mass is 9.81. The van der Waals surface area contributed by atoms with Gasteiger partial charge in [-0.15, -0.1) is 11.3 Å². The Morgan fingerprint density at radius 3 is 2.21 bits per heavy atom. The largest absolute Gasteiger partial charge is 0.466 e. The first-order valence-corrected chi connectivity index (χ1v) is 13.4. The number of sulfonamides is 1. The van der Waals surface area contributed by atoms with Crippen LogP contribution in [-0.4, -0.2) is 34.6 Å². The lowest BCUT2D eigenvalue weighted by Crippen LogP contribution is -2.40. The van der Waals surface area contributed by atoms with Gasteiger partial charge in [-0.05, 0) is 47.3 Å². The van der Waals surface area contributed by atoms with Crippen LogP contribution < -0.4 is 15.4 Å². The molecule has 0 spiro atoms. The number of carbonyl (C=O) groups excluding carboxylic acids is 2. The molecule has 12 heteroatoms. The number of nitrogens with zero attached hydrogens (tertiary/aromatic N) is 2. The molecule has 10 nitrogen and oxygen atoms in total. The molecule has 1 aliphatic rings. The quantitative estimate of drug-likeness (QED) is 0.421. The average molecular weight is 551 g/mol. The Labute approximate surface area is 223 Å². The molecule has 0 saturated heterocycles. The van der Waals surface area contributed by atoms with Crippen molar-refractivity contribution in [2.24, 2.45) is 5.73 Å². The minimum Gasteiger partial charge on any atom is -0.466 e. The highest BCUT2D eigenvalue weighted by atomic mass is 32.2. The molecule has 3 N–H and O–H groups in total. The lowest BCUT2D eigenvalue weighted by molar-refractivity contribution is -0.139. The molecule has 0 bridgehead atoms. The lowest BCUT2D eigenvalue weighted by Gasteiger charge is -2.35. The maximum atomic E-state index is 13.1. The molecular weight excluding hydrogens is 528 g/mol. The second kappa shape index (κ2) is 10.8. The maximum Gasteiger partial charge on any atom is 0.355 e. The van der Waals surface area contributed by atoms with Crippen molar-refractivity contribution in [1.29, 1.82) is 5.26 Å². The Balaban J connectivity index is 1.89. The fraction of sp³-hybridized carbons (Fsp3) is 0.115. The molecule has 0 saturated carbocycles. The first-order valence-electron chi connectivity index (χ1n) is 11.1. The standard InChI is InChI=1S/C26H22N4O6S2/c1-35-25(31)22-21(16-7-4-3-5-8-16)19(15-27)24(28)30(23(22)26(32)36-2)17-10-12-18(13-11-17)38(33,34)29-20-9-6-14-37-20/h3-14,21,29H,28H2,1-2H3.